The normalized spacial score (nSPS) is 13.5. The summed E-state index contributed by atoms with van der Waals surface area (Å²) in [5.41, 5.74) is 0. The van der Waals surface area contributed by atoms with Crippen molar-refractivity contribution in [3.63, 3.8) is 0 Å². The maximum absolute atomic E-state index is 12.5. The zero-order valence-corrected chi connectivity index (χ0v) is 16.9. The minimum atomic E-state index is -4.85. The summed E-state index contributed by atoms with van der Waals surface area (Å²) in [6, 6.07) is 26.0. The van der Waals surface area contributed by atoms with Crippen LogP contribution in [-0.4, -0.2) is 11.9 Å². The Kier molecular flexibility index (Phi) is 5.69. The van der Waals surface area contributed by atoms with Crippen LogP contribution in [0.2, 0.25) is 0 Å². The van der Waals surface area contributed by atoms with Gasteiger partial charge in [0.15, 0.2) is 0 Å². The summed E-state index contributed by atoms with van der Waals surface area (Å²) in [5, 5.41) is 1.48. The van der Waals surface area contributed by atoms with Gasteiger partial charge in [-0.3, -0.25) is 0 Å². The van der Waals surface area contributed by atoms with E-state index in [0.29, 0.717) is 15.9 Å². The number of halogens is 1. The Morgan fingerprint density at radius 3 is 1.32 bits per heavy atom. The van der Waals surface area contributed by atoms with Gasteiger partial charge >= 0.3 is 166 Å². The number of Topliss-reactive ketones (excluding diaryl/α,β-unsaturated/α-hetero) is 1. The molecule has 28 heavy (non-hydrogen) atoms. The van der Waals surface area contributed by atoms with Crippen molar-refractivity contribution in [1.29, 1.82) is 0 Å². The van der Waals surface area contributed by atoms with Crippen LogP contribution in [0.15, 0.2) is 91.0 Å². The molecular formula is C21H20ClO5P. The van der Waals surface area contributed by atoms with E-state index in [1.54, 1.807) is 91.0 Å². The van der Waals surface area contributed by atoms with E-state index in [1.807, 2.05) is 0 Å². The Balaban J connectivity index is 2.56. The van der Waals surface area contributed by atoms with Gasteiger partial charge in [-0.1, -0.05) is 0 Å². The molecule has 146 valence electrons. The molecule has 0 N–H and O–H groups in total. The second-order valence-electron chi connectivity index (χ2n) is 6.53. The average Bonchev–Trinajstić information content (AvgIpc) is 2.68. The van der Waals surface area contributed by atoms with Crippen LogP contribution >= 0.6 is 6.83 Å². The van der Waals surface area contributed by atoms with E-state index >= 15 is 0 Å². The Hall–Kier alpha value is -2.11. The molecular weight excluding hydrogens is 399 g/mol. The number of rotatable bonds is 7. The molecule has 0 fully saturated rings. The van der Waals surface area contributed by atoms with Crippen LogP contribution in [0.3, 0.4) is 0 Å². The molecule has 3 aromatic carbocycles. The first-order valence-corrected chi connectivity index (χ1v) is 12.2. The fraction of sp³-hybridized carbons (Fsp3) is 0.0952. The van der Waals surface area contributed by atoms with Crippen LogP contribution < -0.4 is 29.9 Å². The van der Waals surface area contributed by atoms with Crippen molar-refractivity contribution in [2.75, 3.05) is 6.16 Å². The second kappa shape index (κ2) is 7.72. The third-order valence-corrected chi connectivity index (χ3v) is 11.8. The van der Waals surface area contributed by atoms with Crippen molar-refractivity contribution in [3.8, 4) is 0 Å². The van der Waals surface area contributed by atoms with Crippen LogP contribution in [-0.2, 0) is 8.87 Å². The van der Waals surface area contributed by atoms with Crippen molar-refractivity contribution in [2.45, 2.75) is 6.92 Å². The topological polar surface area (TPSA) is 95.5 Å². The predicted octanol–water partition coefficient (Wildman–Crippen LogP) is -0.0659. The van der Waals surface area contributed by atoms with Gasteiger partial charge in [0.05, 0.1) is 0 Å². The van der Waals surface area contributed by atoms with Crippen molar-refractivity contribution in [1.82, 2.24) is 0 Å². The van der Waals surface area contributed by atoms with Crippen molar-refractivity contribution < 1.29 is 33.1 Å². The maximum atomic E-state index is 12.5. The van der Waals surface area contributed by atoms with E-state index < -0.39 is 17.1 Å². The van der Waals surface area contributed by atoms with Gasteiger partial charge < -0.3 is 0 Å². The van der Waals surface area contributed by atoms with E-state index in [4.69, 9.17) is 4.08 Å². The van der Waals surface area contributed by atoms with E-state index in [-0.39, 0.29) is 11.9 Å². The van der Waals surface area contributed by atoms with Gasteiger partial charge in [0.25, 0.3) is 0 Å². The fourth-order valence-electron chi connectivity index (χ4n) is 3.71. The molecule has 0 aliphatic rings. The Morgan fingerprint density at radius 2 is 1.07 bits per heavy atom. The minimum absolute atomic E-state index is 0.252. The standard InChI is InChI=1S/C21H20ClO5P/c1-18(23)17-28(27-22(24,25)26,19-11-5-2-6-12-19,20-13-7-3-8-14-20)21-15-9-4-10-16-21/h2-16H,17H2,1H3. The Morgan fingerprint density at radius 1 is 0.750 bits per heavy atom. The van der Waals surface area contributed by atoms with Gasteiger partial charge in [0, 0.05) is 0 Å². The first kappa shape index (κ1) is 20.6. The van der Waals surface area contributed by atoms with Gasteiger partial charge in [0.2, 0.25) is 0 Å². The summed E-state index contributed by atoms with van der Waals surface area (Å²) < 4.78 is 41.8. The number of ketones is 1. The molecule has 3 rings (SSSR count). The van der Waals surface area contributed by atoms with Gasteiger partial charge in [-0.25, -0.2) is 0 Å². The van der Waals surface area contributed by atoms with E-state index in [2.05, 4.69) is 0 Å². The monoisotopic (exact) mass is 418 g/mol. The quantitative estimate of drug-likeness (QED) is 0.501. The number of hydrogen-bond donors (Lipinski definition) is 0. The molecule has 0 atom stereocenters. The number of carbonyl (C=O) groups excluding carboxylic acids is 1. The second-order valence-corrected chi connectivity index (χ2v) is 12.1. The first-order chi connectivity index (χ1) is 13.3. The number of benzene rings is 3. The summed E-state index contributed by atoms with van der Waals surface area (Å²) in [7, 11) is -4.85. The summed E-state index contributed by atoms with van der Waals surface area (Å²) in [4.78, 5) is 12.5. The van der Waals surface area contributed by atoms with E-state index in [1.165, 1.54) is 6.92 Å². The third kappa shape index (κ3) is 3.61. The zero-order valence-electron chi connectivity index (χ0n) is 15.2. The van der Waals surface area contributed by atoms with Crippen LogP contribution in [0.1, 0.15) is 6.92 Å². The van der Waals surface area contributed by atoms with Crippen molar-refractivity contribution >= 4 is 28.5 Å². The molecule has 0 aromatic heterocycles. The molecule has 0 heterocycles. The van der Waals surface area contributed by atoms with Gasteiger partial charge in [-0.15, -0.1) is 0 Å². The molecule has 0 unspecified atom stereocenters. The van der Waals surface area contributed by atoms with Crippen molar-refractivity contribution in [2.24, 2.45) is 0 Å². The summed E-state index contributed by atoms with van der Waals surface area (Å²) in [6.45, 7) is -3.09. The summed E-state index contributed by atoms with van der Waals surface area (Å²) >= 11 is 0. The fourth-order valence-corrected chi connectivity index (χ4v) is 11.1. The Labute approximate surface area is 166 Å². The van der Waals surface area contributed by atoms with Crippen LogP contribution in [0.4, 0.5) is 0 Å². The Bertz CT molecular complexity index is 843. The first-order valence-electron chi connectivity index (χ1n) is 8.58. The molecule has 0 aliphatic carbocycles. The SMILES string of the molecule is CC(=O)CP(O[Cl+3]([O-])([O-])[O-])(c1ccccc1)(c1ccccc1)c1ccccc1. The van der Waals surface area contributed by atoms with Gasteiger partial charge in [-0.05, 0) is 0 Å². The van der Waals surface area contributed by atoms with Gasteiger partial charge in [0.1, 0.15) is 0 Å². The van der Waals surface area contributed by atoms with E-state index in [9.17, 15) is 18.8 Å². The number of hydrogen-bond acceptors (Lipinski definition) is 5. The molecule has 7 heteroatoms. The molecule has 0 aliphatic heterocycles. The number of carbonyl (C=O) groups is 1. The molecule has 0 bridgehead atoms. The molecule has 0 saturated carbocycles. The molecule has 3 aromatic rings. The van der Waals surface area contributed by atoms with Crippen molar-refractivity contribution in [3.05, 3.63) is 91.0 Å². The predicted molar refractivity (Wildman–Crippen MR) is 102 cm³/mol. The third-order valence-electron chi connectivity index (χ3n) is 4.67. The van der Waals surface area contributed by atoms with Crippen LogP contribution in [0.25, 0.3) is 0 Å². The van der Waals surface area contributed by atoms with Crippen LogP contribution in [0, 0.1) is 10.2 Å². The molecule has 0 radical (unpaired) electrons. The summed E-state index contributed by atoms with van der Waals surface area (Å²) in [6.07, 6.45) is -0.252. The molecule has 0 amide bonds. The zero-order chi connectivity index (χ0) is 20.3. The molecule has 5 nitrogen and oxygen atoms in total. The summed E-state index contributed by atoms with van der Waals surface area (Å²) in [5.74, 6) is -0.284. The van der Waals surface area contributed by atoms with Crippen LogP contribution in [0.5, 0.6) is 0 Å². The molecule has 0 spiro atoms. The molecule has 0 saturated heterocycles. The van der Waals surface area contributed by atoms with Gasteiger partial charge in [-0.2, -0.15) is 0 Å². The average molecular weight is 419 g/mol. The van der Waals surface area contributed by atoms with E-state index in [0.717, 1.165) is 0 Å².